The van der Waals surface area contributed by atoms with E-state index in [0.29, 0.717) is 0 Å². The zero-order valence-corrected chi connectivity index (χ0v) is 10.1. The lowest BCUT2D eigenvalue weighted by atomic mass is 10.2. The molecular formula is C12H10N4O3. The van der Waals surface area contributed by atoms with E-state index in [0.717, 1.165) is 5.56 Å². The fourth-order valence-electron chi connectivity index (χ4n) is 1.56. The van der Waals surface area contributed by atoms with Crippen molar-refractivity contribution in [3.05, 3.63) is 51.8 Å². The summed E-state index contributed by atoms with van der Waals surface area (Å²) < 4.78 is 7.01. The Bertz CT molecular complexity index is 657. The van der Waals surface area contributed by atoms with Crippen LogP contribution in [-0.2, 0) is 13.7 Å². The third-order valence-corrected chi connectivity index (χ3v) is 2.44. The number of rotatable bonds is 4. The molecule has 0 amide bonds. The number of nitro benzene ring substituents is 1. The van der Waals surface area contributed by atoms with E-state index >= 15 is 0 Å². The molecule has 7 heteroatoms. The minimum absolute atomic E-state index is 0.132. The minimum atomic E-state index is -0.570. The first-order chi connectivity index (χ1) is 9.10. The van der Waals surface area contributed by atoms with Gasteiger partial charge < -0.3 is 4.74 Å². The summed E-state index contributed by atoms with van der Waals surface area (Å²) in [6.45, 7) is 0.181. The van der Waals surface area contributed by atoms with E-state index in [1.165, 1.54) is 18.2 Å². The van der Waals surface area contributed by atoms with Gasteiger partial charge in [-0.15, -0.1) is 0 Å². The molecule has 0 unspecified atom stereocenters. The summed E-state index contributed by atoms with van der Waals surface area (Å²) in [5.74, 6) is 0.132. The Morgan fingerprint density at radius 1 is 1.58 bits per heavy atom. The number of aryl methyl sites for hydroxylation is 1. The summed E-state index contributed by atoms with van der Waals surface area (Å²) in [6.07, 6.45) is 3.38. The first kappa shape index (κ1) is 12.6. The zero-order chi connectivity index (χ0) is 13.8. The highest BCUT2D eigenvalue weighted by atomic mass is 16.6. The highest BCUT2D eigenvalue weighted by Gasteiger charge is 2.16. The third kappa shape index (κ3) is 2.87. The van der Waals surface area contributed by atoms with Gasteiger partial charge in [-0.3, -0.25) is 14.8 Å². The molecule has 0 atom stereocenters. The number of nitro groups is 1. The molecule has 0 radical (unpaired) electrons. The van der Waals surface area contributed by atoms with Gasteiger partial charge in [0.15, 0.2) is 5.75 Å². The van der Waals surface area contributed by atoms with Gasteiger partial charge in [0.2, 0.25) is 0 Å². The Labute approximate surface area is 108 Å². The van der Waals surface area contributed by atoms with E-state index in [4.69, 9.17) is 10.00 Å². The second kappa shape index (κ2) is 5.18. The van der Waals surface area contributed by atoms with Gasteiger partial charge >= 0.3 is 5.69 Å². The molecule has 0 fully saturated rings. The van der Waals surface area contributed by atoms with Gasteiger partial charge in [0.25, 0.3) is 0 Å². The number of benzene rings is 1. The van der Waals surface area contributed by atoms with Crippen LogP contribution < -0.4 is 4.74 Å². The van der Waals surface area contributed by atoms with Crippen LogP contribution in [0.15, 0.2) is 30.6 Å². The van der Waals surface area contributed by atoms with Crippen molar-refractivity contribution < 1.29 is 9.66 Å². The summed E-state index contributed by atoms with van der Waals surface area (Å²) in [4.78, 5) is 10.3. The van der Waals surface area contributed by atoms with Crippen LogP contribution in [0.4, 0.5) is 5.69 Å². The number of nitriles is 1. The highest BCUT2D eigenvalue weighted by molar-refractivity contribution is 5.51. The van der Waals surface area contributed by atoms with Crippen LogP contribution in [0, 0.1) is 21.4 Å². The average molecular weight is 258 g/mol. The van der Waals surface area contributed by atoms with Crippen molar-refractivity contribution in [3.63, 3.8) is 0 Å². The fourth-order valence-corrected chi connectivity index (χ4v) is 1.56. The van der Waals surface area contributed by atoms with E-state index in [1.807, 2.05) is 6.07 Å². The number of hydrogen-bond donors (Lipinski definition) is 0. The molecule has 0 N–H and O–H groups in total. The quantitative estimate of drug-likeness (QED) is 0.615. The maximum absolute atomic E-state index is 10.9. The van der Waals surface area contributed by atoms with Crippen molar-refractivity contribution in [2.24, 2.45) is 7.05 Å². The fraction of sp³-hybridized carbons (Fsp3) is 0.167. The van der Waals surface area contributed by atoms with E-state index < -0.39 is 4.92 Å². The van der Waals surface area contributed by atoms with Crippen LogP contribution in [0.25, 0.3) is 0 Å². The highest BCUT2D eigenvalue weighted by Crippen LogP contribution is 2.28. The van der Waals surface area contributed by atoms with Gasteiger partial charge in [0.05, 0.1) is 22.8 Å². The predicted molar refractivity (Wildman–Crippen MR) is 65.4 cm³/mol. The molecule has 1 aromatic carbocycles. The topological polar surface area (TPSA) is 94.0 Å². The van der Waals surface area contributed by atoms with Crippen molar-refractivity contribution in [3.8, 4) is 11.8 Å². The normalized spacial score (nSPS) is 9.89. The molecule has 0 bridgehead atoms. The number of aromatic nitrogens is 2. The SMILES string of the molecule is Cn1cc(COc2ccc(C#N)cc2[N+](=O)[O-])cn1. The standard InChI is InChI=1S/C12H10N4O3/c1-15-7-10(6-14-15)8-19-12-3-2-9(5-13)4-11(12)16(17)18/h2-4,6-7H,8H2,1H3. The third-order valence-electron chi connectivity index (χ3n) is 2.44. The first-order valence-corrected chi connectivity index (χ1v) is 5.39. The second-order valence-corrected chi connectivity index (χ2v) is 3.86. The Balaban J connectivity index is 2.20. The van der Waals surface area contributed by atoms with E-state index in [2.05, 4.69) is 5.10 Å². The van der Waals surface area contributed by atoms with Crippen molar-refractivity contribution in [1.82, 2.24) is 9.78 Å². The molecule has 1 heterocycles. The molecule has 0 spiro atoms. The van der Waals surface area contributed by atoms with Crippen molar-refractivity contribution in [2.45, 2.75) is 6.61 Å². The molecule has 2 aromatic rings. The molecule has 0 aliphatic rings. The molecule has 19 heavy (non-hydrogen) atoms. The lowest BCUT2D eigenvalue weighted by Crippen LogP contribution is -1.99. The molecule has 2 rings (SSSR count). The van der Waals surface area contributed by atoms with Crippen LogP contribution in [0.1, 0.15) is 11.1 Å². The van der Waals surface area contributed by atoms with Gasteiger partial charge in [-0.1, -0.05) is 0 Å². The zero-order valence-electron chi connectivity index (χ0n) is 10.1. The maximum atomic E-state index is 10.9. The van der Waals surface area contributed by atoms with Crippen LogP contribution in [-0.4, -0.2) is 14.7 Å². The Morgan fingerprint density at radius 2 is 2.37 bits per heavy atom. The van der Waals surface area contributed by atoms with Crippen molar-refractivity contribution in [2.75, 3.05) is 0 Å². The molecule has 1 aromatic heterocycles. The van der Waals surface area contributed by atoms with Gasteiger partial charge in [-0.25, -0.2) is 0 Å². The lowest BCUT2D eigenvalue weighted by Gasteiger charge is -2.05. The minimum Gasteiger partial charge on any atom is -0.482 e. The average Bonchev–Trinajstić information content (AvgIpc) is 2.82. The maximum Gasteiger partial charge on any atom is 0.312 e. The van der Waals surface area contributed by atoms with Gasteiger partial charge in [0, 0.05) is 24.9 Å². The van der Waals surface area contributed by atoms with E-state index in [1.54, 1.807) is 24.1 Å². The Kier molecular flexibility index (Phi) is 3.43. The van der Waals surface area contributed by atoms with Gasteiger partial charge in [-0.05, 0) is 12.1 Å². The molecular weight excluding hydrogens is 248 g/mol. The number of nitrogens with zero attached hydrogens (tertiary/aromatic N) is 4. The Hall–Kier alpha value is -2.88. The van der Waals surface area contributed by atoms with E-state index in [-0.39, 0.29) is 23.6 Å². The Morgan fingerprint density at radius 3 is 2.95 bits per heavy atom. The van der Waals surface area contributed by atoms with E-state index in [9.17, 15) is 10.1 Å². The summed E-state index contributed by atoms with van der Waals surface area (Å²) in [6, 6.07) is 5.95. The van der Waals surface area contributed by atoms with Crippen LogP contribution in [0.5, 0.6) is 5.75 Å². The van der Waals surface area contributed by atoms with Gasteiger partial charge in [0.1, 0.15) is 6.61 Å². The summed E-state index contributed by atoms with van der Waals surface area (Å²) >= 11 is 0. The summed E-state index contributed by atoms with van der Waals surface area (Å²) in [7, 11) is 1.77. The molecule has 7 nitrogen and oxygen atoms in total. The largest absolute Gasteiger partial charge is 0.482 e. The first-order valence-electron chi connectivity index (χ1n) is 5.39. The molecule has 0 saturated carbocycles. The van der Waals surface area contributed by atoms with Crippen LogP contribution in [0.3, 0.4) is 0 Å². The summed E-state index contributed by atoms with van der Waals surface area (Å²) in [5.41, 5.74) is 0.810. The van der Waals surface area contributed by atoms with Crippen LogP contribution >= 0.6 is 0 Å². The monoisotopic (exact) mass is 258 g/mol. The van der Waals surface area contributed by atoms with Crippen molar-refractivity contribution in [1.29, 1.82) is 5.26 Å². The molecule has 0 saturated heterocycles. The predicted octanol–water partition coefficient (Wildman–Crippen LogP) is 1.78. The van der Waals surface area contributed by atoms with Crippen LogP contribution in [0.2, 0.25) is 0 Å². The second-order valence-electron chi connectivity index (χ2n) is 3.86. The lowest BCUT2D eigenvalue weighted by molar-refractivity contribution is -0.386. The molecule has 96 valence electrons. The van der Waals surface area contributed by atoms with Gasteiger partial charge in [-0.2, -0.15) is 10.4 Å². The smallest absolute Gasteiger partial charge is 0.312 e. The summed E-state index contributed by atoms with van der Waals surface area (Å²) in [5, 5.41) is 23.6. The van der Waals surface area contributed by atoms with Crippen molar-refractivity contribution >= 4 is 5.69 Å². The molecule has 0 aliphatic carbocycles. The molecule has 0 aliphatic heterocycles. The number of hydrogen-bond acceptors (Lipinski definition) is 5. The number of ether oxygens (including phenoxy) is 1.